The van der Waals surface area contributed by atoms with Gasteiger partial charge in [0.25, 0.3) is 0 Å². The van der Waals surface area contributed by atoms with Gasteiger partial charge in [0.2, 0.25) is 11.8 Å². The number of amides is 2. The molecular formula is C24H35FN4O2. The van der Waals surface area contributed by atoms with Crippen molar-refractivity contribution in [1.29, 1.82) is 0 Å². The van der Waals surface area contributed by atoms with Gasteiger partial charge in [-0.05, 0) is 69.9 Å². The van der Waals surface area contributed by atoms with Crippen molar-refractivity contribution < 1.29 is 14.0 Å². The van der Waals surface area contributed by atoms with Crippen LogP contribution in [0.2, 0.25) is 0 Å². The number of unbranched alkanes of at least 4 members (excludes halogenated alkanes) is 2. The average Bonchev–Trinajstić information content (AvgIpc) is 3.23. The summed E-state index contributed by atoms with van der Waals surface area (Å²) in [7, 11) is 1.83. The van der Waals surface area contributed by atoms with Gasteiger partial charge in [-0.25, -0.2) is 4.39 Å². The fourth-order valence-electron chi connectivity index (χ4n) is 3.54. The fraction of sp³-hybridized carbons (Fsp3) is 0.542. The maximum absolute atomic E-state index is 13.0. The summed E-state index contributed by atoms with van der Waals surface area (Å²) in [6, 6.07) is 8.32. The zero-order valence-corrected chi connectivity index (χ0v) is 19.0. The lowest BCUT2D eigenvalue weighted by atomic mass is 10.1. The monoisotopic (exact) mass is 430 g/mol. The lowest BCUT2D eigenvalue weighted by molar-refractivity contribution is -0.132. The zero-order valence-electron chi connectivity index (χ0n) is 19.0. The molecule has 0 unspecified atom stereocenters. The lowest BCUT2D eigenvalue weighted by Crippen LogP contribution is -2.31. The zero-order chi connectivity index (χ0) is 22.6. The maximum atomic E-state index is 13.0. The minimum Gasteiger partial charge on any atom is -0.346 e. The molecule has 2 rings (SSSR count). The molecule has 0 radical (unpaired) electrons. The van der Waals surface area contributed by atoms with E-state index in [1.54, 1.807) is 21.9 Å². The van der Waals surface area contributed by atoms with Crippen LogP contribution in [0.3, 0.4) is 0 Å². The molecule has 31 heavy (non-hydrogen) atoms. The highest BCUT2D eigenvalue weighted by Gasteiger charge is 2.12. The molecule has 0 fully saturated rings. The Balaban J connectivity index is 1.60. The molecule has 0 aliphatic heterocycles. The quantitative estimate of drug-likeness (QED) is 0.478. The summed E-state index contributed by atoms with van der Waals surface area (Å²) in [5, 5.41) is 7.35. The molecule has 2 amide bonds. The van der Waals surface area contributed by atoms with Crippen LogP contribution in [0.1, 0.15) is 58.1 Å². The number of aromatic nitrogens is 2. The predicted molar refractivity (Wildman–Crippen MR) is 121 cm³/mol. The fourth-order valence-corrected chi connectivity index (χ4v) is 3.54. The Morgan fingerprint density at radius 3 is 2.32 bits per heavy atom. The second kappa shape index (κ2) is 12.9. The minimum atomic E-state index is -0.254. The number of hydrogen-bond donors (Lipinski definition) is 1. The number of carbonyl (C=O) groups is 2. The van der Waals surface area contributed by atoms with E-state index in [1.807, 2.05) is 27.0 Å². The van der Waals surface area contributed by atoms with Gasteiger partial charge in [-0.3, -0.25) is 14.7 Å². The first-order chi connectivity index (χ1) is 14.9. The third-order valence-corrected chi connectivity index (χ3v) is 5.53. The molecule has 0 saturated heterocycles. The van der Waals surface area contributed by atoms with E-state index in [1.165, 1.54) is 12.1 Å². The minimum absolute atomic E-state index is 0.102. The van der Waals surface area contributed by atoms with Crippen LogP contribution in [0, 0.1) is 5.82 Å². The number of halogens is 1. The van der Waals surface area contributed by atoms with Crippen molar-refractivity contribution in [2.24, 2.45) is 0 Å². The van der Waals surface area contributed by atoms with Gasteiger partial charge in [-0.15, -0.1) is 0 Å². The maximum Gasteiger partial charge on any atom is 0.222 e. The van der Waals surface area contributed by atoms with E-state index >= 15 is 0 Å². The van der Waals surface area contributed by atoms with Crippen molar-refractivity contribution in [1.82, 2.24) is 20.0 Å². The predicted octanol–water partition coefficient (Wildman–Crippen LogP) is 4.43. The normalized spacial score (nSPS) is 10.8. The van der Waals surface area contributed by atoms with Crippen molar-refractivity contribution in [3.8, 4) is 11.3 Å². The summed E-state index contributed by atoms with van der Waals surface area (Å²) in [6.07, 6.45) is 5.32. The van der Waals surface area contributed by atoms with Crippen LogP contribution in [0.5, 0.6) is 0 Å². The standard InChI is InChI=1S/C24H35FN4O2/c1-4-29(5-2)24(31)12-9-11-23(30)28(3)17-8-6-7-10-21-18-22(27-26-21)19-13-15-20(25)16-14-19/h13-16,18H,4-12,17H2,1-3H3,(H,26,27). The molecule has 7 heteroatoms. The summed E-state index contributed by atoms with van der Waals surface area (Å²) in [6.45, 7) is 6.10. The van der Waals surface area contributed by atoms with Crippen LogP contribution in [0.4, 0.5) is 4.39 Å². The van der Waals surface area contributed by atoms with Gasteiger partial charge in [-0.2, -0.15) is 5.10 Å². The molecule has 0 spiro atoms. The van der Waals surface area contributed by atoms with E-state index in [0.29, 0.717) is 19.3 Å². The van der Waals surface area contributed by atoms with E-state index in [-0.39, 0.29) is 17.6 Å². The number of carbonyl (C=O) groups excluding carboxylic acids is 2. The number of rotatable bonds is 13. The van der Waals surface area contributed by atoms with Crippen LogP contribution in [0.25, 0.3) is 11.3 Å². The summed E-state index contributed by atoms with van der Waals surface area (Å²) in [5.41, 5.74) is 2.77. The SMILES string of the molecule is CCN(CC)C(=O)CCCC(=O)N(C)CCCCCc1cc(-c2ccc(F)cc2)n[nH]1. The molecule has 0 aliphatic carbocycles. The molecule has 0 bridgehead atoms. The number of benzene rings is 1. The first-order valence-electron chi connectivity index (χ1n) is 11.3. The summed E-state index contributed by atoms with van der Waals surface area (Å²) < 4.78 is 13.0. The van der Waals surface area contributed by atoms with Crippen molar-refractivity contribution in [2.45, 2.75) is 58.8 Å². The highest BCUT2D eigenvalue weighted by Crippen LogP contribution is 2.19. The highest BCUT2D eigenvalue weighted by molar-refractivity contribution is 5.78. The van der Waals surface area contributed by atoms with Gasteiger partial charge < -0.3 is 9.80 Å². The van der Waals surface area contributed by atoms with Gasteiger partial charge in [-0.1, -0.05) is 6.42 Å². The smallest absolute Gasteiger partial charge is 0.222 e. The van der Waals surface area contributed by atoms with E-state index in [0.717, 1.165) is 62.3 Å². The molecule has 0 saturated carbocycles. The number of hydrogen-bond acceptors (Lipinski definition) is 3. The second-order valence-corrected chi connectivity index (χ2v) is 7.83. The number of nitrogens with one attached hydrogen (secondary N) is 1. The van der Waals surface area contributed by atoms with Crippen LogP contribution < -0.4 is 0 Å². The molecule has 1 N–H and O–H groups in total. The van der Waals surface area contributed by atoms with E-state index in [2.05, 4.69) is 10.2 Å². The number of aromatic amines is 1. The highest BCUT2D eigenvalue weighted by atomic mass is 19.1. The average molecular weight is 431 g/mol. The van der Waals surface area contributed by atoms with Gasteiger partial charge in [0.15, 0.2) is 0 Å². The van der Waals surface area contributed by atoms with E-state index < -0.39 is 0 Å². The Morgan fingerprint density at radius 1 is 0.968 bits per heavy atom. The molecule has 1 heterocycles. The van der Waals surface area contributed by atoms with E-state index in [9.17, 15) is 14.0 Å². The van der Waals surface area contributed by atoms with Crippen LogP contribution >= 0.6 is 0 Å². The summed E-state index contributed by atoms with van der Waals surface area (Å²) in [5.74, 6) is -0.0252. The van der Waals surface area contributed by atoms with Crippen molar-refractivity contribution in [3.63, 3.8) is 0 Å². The van der Waals surface area contributed by atoms with Gasteiger partial charge in [0.1, 0.15) is 5.82 Å². The molecule has 2 aromatic rings. The lowest BCUT2D eigenvalue weighted by Gasteiger charge is -2.19. The number of aryl methyl sites for hydroxylation is 1. The molecule has 6 nitrogen and oxygen atoms in total. The molecule has 170 valence electrons. The van der Waals surface area contributed by atoms with Gasteiger partial charge in [0.05, 0.1) is 5.69 Å². The summed E-state index contributed by atoms with van der Waals surface area (Å²) >= 11 is 0. The van der Waals surface area contributed by atoms with Crippen molar-refractivity contribution >= 4 is 11.8 Å². The Morgan fingerprint density at radius 2 is 1.65 bits per heavy atom. The third-order valence-electron chi connectivity index (χ3n) is 5.53. The van der Waals surface area contributed by atoms with E-state index in [4.69, 9.17) is 0 Å². The first kappa shape index (κ1) is 24.6. The van der Waals surface area contributed by atoms with Gasteiger partial charge >= 0.3 is 0 Å². The second-order valence-electron chi connectivity index (χ2n) is 7.83. The number of nitrogens with zero attached hydrogens (tertiary/aromatic N) is 3. The molecule has 1 aromatic heterocycles. The Kier molecular flexibility index (Phi) is 10.2. The Hall–Kier alpha value is -2.70. The third kappa shape index (κ3) is 8.15. The summed E-state index contributed by atoms with van der Waals surface area (Å²) in [4.78, 5) is 27.8. The van der Waals surface area contributed by atoms with Gasteiger partial charge in [0, 0.05) is 50.8 Å². The van der Waals surface area contributed by atoms with Crippen LogP contribution in [-0.2, 0) is 16.0 Å². The number of H-pyrrole nitrogens is 1. The molecule has 1 aromatic carbocycles. The Bertz CT molecular complexity index is 815. The molecule has 0 aliphatic rings. The van der Waals surface area contributed by atoms with Crippen molar-refractivity contribution in [3.05, 3.63) is 41.8 Å². The van der Waals surface area contributed by atoms with Crippen LogP contribution in [-0.4, -0.2) is 58.5 Å². The van der Waals surface area contributed by atoms with Crippen molar-refractivity contribution in [2.75, 3.05) is 26.7 Å². The molecule has 0 atom stereocenters. The Labute approximate surface area is 184 Å². The largest absolute Gasteiger partial charge is 0.346 e. The molecular weight excluding hydrogens is 395 g/mol. The first-order valence-corrected chi connectivity index (χ1v) is 11.3. The van der Waals surface area contributed by atoms with Crippen LogP contribution in [0.15, 0.2) is 30.3 Å². The topological polar surface area (TPSA) is 69.3 Å².